The average molecular weight is 372 g/mol. The maximum Gasteiger partial charge on any atom is 0.227 e. The molecule has 0 radical (unpaired) electrons. The maximum absolute atomic E-state index is 6.38. The molecule has 4 aromatic rings. The number of aryl methyl sites for hydroxylation is 4. The number of fused-ring (bicyclic) bond motifs is 3. The highest BCUT2D eigenvalue weighted by Crippen LogP contribution is 2.39. The minimum absolute atomic E-state index is 0.696. The third kappa shape index (κ3) is 2.64. The van der Waals surface area contributed by atoms with Gasteiger partial charge in [-0.1, -0.05) is 25.0 Å². The van der Waals surface area contributed by atoms with Gasteiger partial charge in [-0.2, -0.15) is 0 Å². The summed E-state index contributed by atoms with van der Waals surface area (Å²) in [5.74, 6) is 0.696. The predicted molar refractivity (Wildman–Crippen MR) is 114 cm³/mol. The van der Waals surface area contributed by atoms with Gasteiger partial charge in [0.1, 0.15) is 7.05 Å². The standard InChI is InChI=1S/C25H27N2O/c1-15-9-10-20-22-16(2)13-17(3)26-25(22)28-24(20)23(15)21-14-19(11-12-27(21)4)18-7-5-6-8-18/h9-14,18H,5-8H2,1-4H3/q+1. The Balaban J connectivity index is 1.80. The lowest BCUT2D eigenvalue weighted by Gasteiger charge is -2.11. The number of hydrogen-bond acceptors (Lipinski definition) is 2. The zero-order chi connectivity index (χ0) is 19.4. The fourth-order valence-corrected chi connectivity index (χ4v) is 4.95. The first-order valence-electron chi connectivity index (χ1n) is 10.3. The van der Waals surface area contributed by atoms with Crippen LogP contribution in [-0.2, 0) is 7.05 Å². The average Bonchev–Trinajstić information content (AvgIpc) is 3.30. The molecule has 0 atom stereocenters. The molecule has 3 heteroatoms. The van der Waals surface area contributed by atoms with Gasteiger partial charge in [0.2, 0.25) is 11.4 Å². The molecule has 3 heterocycles. The van der Waals surface area contributed by atoms with E-state index in [0.29, 0.717) is 5.92 Å². The second-order valence-corrected chi connectivity index (χ2v) is 8.43. The van der Waals surface area contributed by atoms with Gasteiger partial charge in [0.25, 0.3) is 0 Å². The lowest BCUT2D eigenvalue weighted by molar-refractivity contribution is -0.660. The fourth-order valence-electron chi connectivity index (χ4n) is 4.95. The van der Waals surface area contributed by atoms with Gasteiger partial charge in [0.05, 0.1) is 10.9 Å². The minimum Gasteiger partial charge on any atom is -0.437 e. The summed E-state index contributed by atoms with van der Waals surface area (Å²) < 4.78 is 8.60. The van der Waals surface area contributed by atoms with Gasteiger partial charge in [-0.3, -0.25) is 0 Å². The quantitative estimate of drug-likeness (QED) is 0.401. The molecular formula is C25H27N2O+. The maximum atomic E-state index is 6.38. The van der Waals surface area contributed by atoms with Crippen LogP contribution in [0.2, 0.25) is 0 Å². The lowest BCUT2D eigenvalue weighted by Crippen LogP contribution is -2.31. The highest BCUT2D eigenvalue weighted by atomic mass is 16.3. The molecule has 1 fully saturated rings. The van der Waals surface area contributed by atoms with Crippen LogP contribution in [0, 0.1) is 20.8 Å². The van der Waals surface area contributed by atoms with Crippen molar-refractivity contribution in [2.45, 2.75) is 52.4 Å². The second kappa shape index (κ2) is 6.44. The second-order valence-electron chi connectivity index (χ2n) is 8.43. The van der Waals surface area contributed by atoms with Gasteiger partial charge in [-0.15, -0.1) is 0 Å². The normalized spacial score (nSPS) is 15.1. The number of hydrogen-bond donors (Lipinski definition) is 0. The molecule has 5 rings (SSSR count). The summed E-state index contributed by atoms with van der Waals surface area (Å²) in [7, 11) is 2.13. The number of aromatic nitrogens is 2. The Bertz CT molecular complexity index is 1210. The number of benzene rings is 1. The molecule has 0 spiro atoms. The zero-order valence-corrected chi connectivity index (χ0v) is 17.2. The van der Waals surface area contributed by atoms with Crippen molar-refractivity contribution in [1.82, 2.24) is 4.98 Å². The molecule has 0 saturated heterocycles. The number of furan rings is 1. The molecule has 3 aromatic heterocycles. The molecule has 1 aliphatic rings. The Morgan fingerprint density at radius 1 is 1.00 bits per heavy atom. The highest BCUT2D eigenvalue weighted by molar-refractivity contribution is 6.10. The van der Waals surface area contributed by atoms with E-state index in [4.69, 9.17) is 4.42 Å². The predicted octanol–water partition coefficient (Wildman–Crippen LogP) is 6.06. The number of rotatable bonds is 2. The first kappa shape index (κ1) is 17.4. The Morgan fingerprint density at radius 2 is 1.79 bits per heavy atom. The summed E-state index contributed by atoms with van der Waals surface area (Å²) in [5.41, 5.74) is 9.03. The minimum atomic E-state index is 0.696. The van der Waals surface area contributed by atoms with Crippen molar-refractivity contribution >= 4 is 22.1 Å². The third-order valence-corrected chi connectivity index (χ3v) is 6.40. The molecule has 0 bridgehead atoms. The van der Waals surface area contributed by atoms with E-state index in [-0.39, 0.29) is 0 Å². The SMILES string of the molecule is Cc1cc(C)c2c(n1)oc1c(-c3cc(C4CCCC4)cc[n+]3C)c(C)ccc12. The van der Waals surface area contributed by atoms with Gasteiger partial charge in [0, 0.05) is 23.2 Å². The topological polar surface area (TPSA) is 29.9 Å². The van der Waals surface area contributed by atoms with Crippen molar-refractivity contribution < 1.29 is 8.98 Å². The van der Waals surface area contributed by atoms with E-state index < -0.39 is 0 Å². The Morgan fingerprint density at radius 3 is 2.57 bits per heavy atom. The summed E-state index contributed by atoms with van der Waals surface area (Å²) in [5, 5.41) is 2.29. The molecular weight excluding hydrogens is 344 g/mol. The highest BCUT2D eigenvalue weighted by Gasteiger charge is 2.25. The van der Waals surface area contributed by atoms with E-state index in [9.17, 15) is 0 Å². The van der Waals surface area contributed by atoms with Crippen molar-refractivity contribution in [1.29, 1.82) is 0 Å². The van der Waals surface area contributed by atoms with Crippen LogP contribution in [0.5, 0.6) is 0 Å². The van der Waals surface area contributed by atoms with Crippen molar-refractivity contribution in [2.24, 2.45) is 7.05 Å². The molecule has 1 aromatic carbocycles. The Kier molecular flexibility index (Phi) is 4.01. The van der Waals surface area contributed by atoms with E-state index in [1.807, 2.05) is 6.92 Å². The van der Waals surface area contributed by atoms with Crippen LogP contribution in [0.4, 0.5) is 0 Å². The lowest BCUT2D eigenvalue weighted by atomic mass is 9.94. The largest absolute Gasteiger partial charge is 0.437 e. The summed E-state index contributed by atoms with van der Waals surface area (Å²) >= 11 is 0. The van der Waals surface area contributed by atoms with Gasteiger partial charge < -0.3 is 4.42 Å². The van der Waals surface area contributed by atoms with Gasteiger partial charge >= 0.3 is 0 Å². The third-order valence-electron chi connectivity index (χ3n) is 6.40. The Labute approximate surface area is 166 Å². The van der Waals surface area contributed by atoms with E-state index in [1.54, 1.807) is 0 Å². The van der Waals surface area contributed by atoms with Crippen molar-refractivity contribution in [3.05, 3.63) is 58.9 Å². The molecule has 142 valence electrons. The first-order chi connectivity index (χ1) is 13.5. The van der Waals surface area contributed by atoms with Gasteiger partial charge in [-0.05, 0) is 62.3 Å². The van der Waals surface area contributed by atoms with Gasteiger partial charge in [-0.25, -0.2) is 9.55 Å². The van der Waals surface area contributed by atoms with Crippen LogP contribution in [0.25, 0.3) is 33.3 Å². The van der Waals surface area contributed by atoms with Crippen molar-refractivity contribution in [3.8, 4) is 11.3 Å². The molecule has 28 heavy (non-hydrogen) atoms. The molecule has 1 aliphatic carbocycles. The Hall–Kier alpha value is -2.68. The van der Waals surface area contributed by atoms with Crippen LogP contribution < -0.4 is 4.57 Å². The van der Waals surface area contributed by atoms with Crippen LogP contribution in [0.15, 0.2) is 40.9 Å². The molecule has 1 saturated carbocycles. The van der Waals surface area contributed by atoms with Crippen LogP contribution >= 0.6 is 0 Å². The van der Waals surface area contributed by atoms with E-state index >= 15 is 0 Å². The molecule has 0 aliphatic heterocycles. The molecule has 0 N–H and O–H groups in total. The van der Waals surface area contributed by atoms with Gasteiger partial charge in [0.15, 0.2) is 11.8 Å². The number of nitrogens with zero attached hydrogens (tertiary/aromatic N) is 2. The molecule has 0 amide bonds. The van der Waals surface area contributed by atoms with Crippen molar-refractivity contribution in [2.75, 3.05) is 0 Å². The first-order valence-corrected chi connectivity index (χ1v) is 10.3. The number of pyridine rings is 2. The summed E-state index contributed by atoms with van der Waals surface area (Å²) in [6.45, 7) is 6.35. The van der Waals surface area contributed by atoms with E-state index in [1.165, 1.54) is 53.6 Å². The molecule has 0 unspecified atom stereocenters. The fraction of sp³-hybridized carbons (Fsp3) is 0.360. The van der Waals surface area contributed by atoms with Crippen molar-refractivity contribution in [3.63, 3.8) is 0 Å². The molecule has 3 nitrogen and oxygen atoms in total. The van der Waals surface area contributed by atoms with Crippen LogP contribution in [0.3, 0.4) is 0 Å². The van der Waals surface area contributed by atoms with E-state index in [2.05, 4.69) is 67.0 Å². The zero-order valence-electron chi connectivity index (χ0n) is 17.2. The summed E-state index contributed by atoms with van der Waals surface area (Å²) in [6.07, 6.45) is 7.53. The summed E-state index contributed by atoms with van der Waals surface area (Å²) in [4.78, 5) is 4.67. The smallest absolute Gasteiger partial charge is 0.227 e. The monoisotopic (exact) mass is 371 g/mol. The van der Waals surface area contributed by atoms with Crippen LogP contribution in [-0.4, -0.2) is 4.98 Å². The van der Waals surface area contributed by atoms with E-state index in [0.717, 1.165) is 27.8 Å². The van der Waals surface area contributed by atoms with Crippen LogP contribution in [0.1, 0.15) is 54.0 Å². The summed E-state index contributed by atoms with van der Waals surface area (Å²) in [6, 6.07) is 11.2.